The minimum atomic E-state index is 0. The Morgan fingerprint density at radius 3 is 2.17 bits per heavy atom. The van der Waals surface area contributed by atoms with Crippen LogP contribution in [-0.4, -0.2) is 40.4 Å². The number of ether oxygens (including phenoxy) is 3. The van der Waals surface area contributed by atoms with E-state index >= 15 is 0 Å². The van der Waals surface area contributed by atoms with Gasteiger partial charge in [-0.2, -0.15) is 0 Å². The number of aryl methyl sites for hydroxylation is 1. The first kappa shape index (κ1) is 24.9. The van der Waals surface area contributed by atoms with Crippen molar-refractivity contribution in [2.24, 2.45) is 4.99 Å². The van der Waals surface area contributed by atoms with Gasteiger partial charge in [0.25, 0.3) is 0 Å². The quantitative estimate of drug-likeness (QED) is 0.302. The first-order valence-corrected chi connectivity index (χ1v) is 9.41. The Morgan fingerprint density at radius 1 is 0.966 bits per heavy atom. The first-order chi connectivity index (χ1) is 13.6. The van der Waals surface area contributed by atoms with Gasteiger partial charge in [0.05, 0.1) is 21.3 Å². The number of nitrogens with one attached hydrogen (secondary N) is 2. The highest BCUT2D eigenvalue weighted by Gasteiger charge is 2.13. The molecule has 0 radical (unpaired) electrons. The molecule has 1 atom stereocenters. The minimum absolute atomic E-state index is 0. The molecule has 2 aromatic carbocycles. The van der Waals surface area contributed by atoms with Crippen LogP contribution in [0.15, 0.2) is 47.5 Å². The Balaban J connectivity index is 0.00000420. The van der Waals surface area contributed by atoms with E-state index in [-0.39, 0.29) is 24.0 Å². The highest BCUT2D eigenvalue weighted by molar-refractivity contribution is 14.0. The average Bonchev–Trinajstić information content (AvgIpc) is 2.75. The highest BCUT2D eigenvalue weighted by Crippen LogP contribution is 2.34. The van der Waals surface area contributed by atoms with Gasteiger partial charge in [0.2, 0.25) is 0 Å². The maximum atomic E-state index is 5.49. The summed E-state index contributed by atoms with van der Waals surface area (Å²) < 4.78 is 16.2. The van der Waals surface area contributed by atoms with Crippen molar-refractivity contribution in [1.82, 2.24) is 10.6 Å². The molecule has 0 amide bonds. The van der Waals surface area contributed by atoms with Gasteiger partial charge in [-0.3, -0.25) is 4.99 Å². The zero-order chi connectivity index (χ0) is 20.4. The van der Waals surface area contributed by atoms with Crippen LogP contribution in [0.4, 0.5) is 0 Å². The lowest BCUT2D eigenvalue weighted by Crippen LogP contribution is -2.42. The second-order valence-corrected chi connectivity index (χ2v) is 6.51. The molecule has 0 aliphatic carbocycles. The van der Waals surface area contributed by atoms with Crippen molar-refractivity contribution in [3.63, 3.8) is 0 Å². The van der Waals surface area contributed by atoms with Gasteiger partial charge in [-0.05, 0) is 31.4 Å². The lowest BCUT2D eigenvalue weighted by molar-refractivity contribution is 0.347. The van der Waals surface area contributed by atoms with Crippen LogP contribution in [-0.2, 0) is 13.0 Å². The molecule has 0 spiro atoms. The lowest BCUT2D eigenvalue weighted by atomic mass is 10.1. The number of hydrogen-bond acceptors (Lipinski definition) is 4. The number of halogens is 1. The standard InChI is InChI=1S/C22H31N3O3.HI/c1-16(11-12-17-9-7-6-8-10-17)25-22(23-2)24-15-18-13-20(27-4)21(28-5)14-19(18)26-3;/h6-10,13-14,16H,11-12,15H2,1-5H3,(H2,23,24,25);1H. The lowest BCUT2D eigenvalue weighted by Gasteiger charge is -2.19. The van der Waals surface area contributed by atoms with Crippen LogP contribution in [0, 0.1) is 0 Å². The fourth-order valence-electron chi connectivity index (χ4n) is 2.94. The number of guanidine groups is 1. The van der Waals surface area contributed by atoms with Crippen molar-refractivity contribution in [3.05, 3.63) is 53.6 Å². The Kier molecular flexibility index (Phi) is 11.3. The van der Waals surface area contributed by atoms with E-state index in [9.17, 15) is 0 Å². The minimum Gasteiger partial charge on any atom is -0.496 e. The van der Waals surface area contributed by atoms with Gasteiger partial charge in [0.1, 0.15) is 5.75 Å². The predicted molar refractivity (Wildman–Crippen MR) is 129 cm³/mol. The van der Waals surface area contributed by atoms with Gasteiger partial charge in [0.15, 0.2) is 17.5 Å². The monoisotopic (exact) mass is 513 g/mol. The number of benzene rings is 2. The normalized spacial score (nSPS) is 11.8. The molecule has 0 aliphatic rings. The van der Waals surface area contributed by atoms with E-state index in [0.717, 1.165) is 30.1 Å². The SMILES string of the molecule is CN=C(NCc1cc(OC)c(OC)cc1OC)NC(C)CCc1ccccc1.I. The molecule has 0 bridgehead atoms. The summed E-state index contributed by atoms with van der Waals surface area (Å²) in [6.07, 6.45) is 2.04. The zero-order valence-electron chi connectivity index (χ0n) is 17.8. The average molecular weight is 513 g/mol. The number of rotatable bonds is 9. The number of aliphatic imine (C=N–C) groups is 1. The van der Waals surface area contributed by atoms with Gasteiger partial charge < -0.3 is 24.8 Å². The summed E-state index contributed by atoms with van der Waals surface area (Å²) in [6.45, 7) is 2.71. The van der Waals surface area contributed by atoms with Crippen LogP contribution in [0.5, 0.6) is 17.2 Å². The summed E-state index contributed by atoms with van der Waals surface area (Å²) in [5.74, 6) is 2.79. The molecule has 0 aromatic heterocycles. The van der Waals surface area contributed by atoms with E-state index in [2.05, 4.69) is 46.8 Å². The third-order valence-corrected chi connectivity index (χ3v) is 4.55. The maximum Gasteiger partial charge on any atom is 0.191 e. The van der Waals surface area contributed by atoms with Crippen LogP contribution in [0.1, 0.15) is 24.5 Å². The molecule has 0 heterocycles. The van der Waals surface area contributed by atoms with Crippen LogP contribution in [0.2, 0.25) is 0 Å². The second kappa shape index (κ2) is 13.1. The van der Waals surface area contributed by atoms with E-state index in [0.29, 0.717) is 24.1 Å². The van der Waals surface area contributed by atoms with E-state index in [1.165, 1.54) is 5.56 Å². The number of nitrogens with zero attached hydrogens (tertiary/aromatic N) is 1. The summed E-state index contributed by atoms with van der Waals surface area (Å²) in [5.41, 5.74) is 2.30. The van der Waals surface area contributed by atoms with Crippen molar-refractivity contribution >= 4 is 29.9 Å². The van der Waals surface area contributed by atoms with Gasteiger partial charge in [-0.25, -0.2) is 0 Å². The van der Waals surface area contributed by atoms with E-state index < -0.39 is 0 Å². The molecule has 7 heteroatoms. The summed E-state index contributed by atoms with van der Waals surface area (Å²) >= 11 is 0. The van der Waals surface area contributed by atoms with Crippen LogP contribution in [0.25, 0.3) is 0 Å². The van der Waals surface area contributed by atoms with Gasteiger partial charge in [-0.1, -0.05) is 30.3 Å². The van der Waals surface area contributed by atoms with Gasteiger partial charge in [0, 0.05) is 31.3 Å². The van der Waals surface area contributed by atoms with Crippen molar-refractivity contribution in [3.8, 4) is 17.2 Å². The molecular formula is C22H32IN3O3. The zero-order valence-corrected chi connectivity index (χ0v) is 20.2. The molecule has 0 aliphatic heterocycles. The summed E-state index contributed by atoms with van der Waals surface area (Å²) in [6, 6.07) is 14.5. The number of hydrogen-bond donors (Lipinski definition) is 2. The van der Waals surface area contributed by atoms with Crippen LogP contribution in [0.3, 0.4) is 0 Å². The molecule has 0 saturated carbocycles. The van der Waals surface area contributed by atoms with Crippen molar-refractivity contribution in [2.75, 3.05) is 28.4 Å². The first-order valence-electron chi connectivity index (χ1n) is 9.41. The summed E-state index contributed by atoms with van der Waals surface area (Å²) in [4.78, 5) is 4.33. The molecule has 6 nitrogen and oxygen atoms in total. The summed E-state index contributed by atoms with van der Waals surface area (Å²) in [5, 5.41) is 6.78. The fourth-order valence-corrected chi connectivity index (χ4v) is 2.94. The van der Waals surface area contributed by atoms with E-state index in [4.69, 9.17) is 14.2 Å². The largest absolute Gasteiger partial charge is 0.496 e. The van der Waals surface area contributed by atoms with Crippen molar-refractivity contribution < 1.29 is 14.2 Å². The molecule has 0 fully saturated rings. The smallest absolute Gasteiger partial charge is 0.191 e. The Bertz CT molecular complexity index is 769. The molecule has 29 heavy (non-hydrogen) atoms. The van der Waals surface area contributed by atoms with Crippen molar-refractivity contribution in [2.45, 2.75) is 32.4 Å². The van der Waals surface area contributed by atoms with Crippen LogP contribution >= 0.6 is 24.0 Å². The Morgan fingerprint density at radius 2 is 1.59 bits per heavy atom. The van der Waals surface area contributed by atoms with Crippen LogP contribution < -0.4 is 24.8 Å². The van der Waals surface area contributed by atoms with E-state index in [1.54, 1.807) is 28.4 Å². The second-order valence-electron chi connectivity index (χ2n) is 6.51. The molecule has 2 aromatic rings. The molecular weight excluding hydrogens is 481 g/mol. The van der Waals surface area contributed by atoms with E-state index in [1.807, 2.05) is 18.2 Å². The predicted octanol–water partition coefficient (Wildman–Crippen LogP) is 4.02. The summed E-state index contributed by atoms with van der Waals surface area (Å²) in [7, 11) is 6.64. The molecule has 1 unspecified atom stereocenters. The molecule has 160 valence electrons. The molecule has 2 N–H and O–H groups in total. The third kappa shape index (κ3) is 7.64. The maximum absolute atomic E-state index is 5.49. The van der Waals surface area contributed by atoms with Gasteiger partial charge >= 0.3 is 0 Å². The topological polar surface area (TPSA) is 64.1 Å². The molecule has 0 saturated heterocycles. The molecule has 2 rings (SSSR count). The highest BCUT2D eigenvalue weighted by atomic mass is 127. The Hall–Kier alpha value is -2.16. The fraction of sp³-hybridized carbons (Fsp3) is 0.409. The Labute approximate surface area is 191 Å². The van der Waals surface area contributed by atoms with Crippen molar-refractivity contribution in [1.29, 1.82) is 0 Å². The third-order valence-electron chi connectivity index (χ3n) is 4.55. The van der Waals surface area contributed by atoms with Gasteiger partial charge in [-0.15, -0.1) is 24.0 Å². The number of methoxy groups -OCH3 is 3.